The maximum Gasteiger partial charge on any atom is 0.421 e. The normalized spacial score (nSPS) is 12.8. The van der Waals surface area contributed by atoms with E-state index in [-0.39, 0.29) is 12.0 Å². The zero-order valence-corrected chi connectivity index (χ0v) is 13.6. The van der Waals surface area contributed by atoms with Crippen LogP contribution in [-0.4, -0.2) is 22.6 Å². The quantitative estimate of drug-likeness (QED) is 0.870. The molecule has 8 heteroatoms. The molecule has 2 aromatic rings. The first-order chi connectivity index (χ1) is 11.1. The smallest absolute Gasteiger partial charge is 0.421 e. The minimum absolute atomic E-state index is 0.0250. The summed E-state index contributed by atoms with van der Waals surface area (Å²) in [7, 11) is 0. The van der Waals surface area contributed by atoms with E-state index in [9.17, 15) is 13.2 Å². The number of benzene rings is 1. The van der Waals surface area contributed by atoms with E-state index >= 15 is 0 Å². The number of nitrogens with one attached hydrogen (secondary N) is 1. The van der Waals surface area contributed by atoms with Crippen LogP contribution >= 0.6 is 0 Å². The van der Waals surface area contributed by atoms with Crippen molar-refractivity contribution >= 4 is 11.8 Å². The molecule has 3 N–H and O–H groups in total. The molecule has 0 fully saturated rings. The second-order valence-corrected chi connectivity index (χ2v) is 5.67. The monoisotopic (exact) mass is 340 g/mol. The van der Waals surface area contributed by atoms with Gasteiger partial charge in [0.05, 0.1) is 6.04 Å². The third kappa shape index (κ3) is 4.74. The lowest BCUT2D eigenvalue weighted by molar-refractivity contribution is -0.137. The van der Waals surface area contributed by atoms with Gasteiger partial charge in [-0.1, -0.05) is 6.07 Å². The summed E-state index contributed by atoms with van der Waals surface area (Å²) in [6.45, 7) is 6.05. The highest BCUT2D eigenvalue weighted by Gasteiger charge is 2.34. The van der Waals surface area contributed by atoms with Crippen molar-refractivity contribution in [1.29, 1.82) is 0 Å². The van der Waals surface area contributed by atoms with Crippen molar-refractivity contribution in [3.63, 3.8) is 0 Å². The standard InChI is InChI=1S/C16H19F3N4O/c1-9-4-10(2)6-12(5-9)24-8-11(3)22-15-21-7-13(14(20)23-15)16(17,18)19/h4-7,11H,8H2,1-3H3,(H3,20,21,22,23)/t11-/m1/s1. The average Bonchev–Trinajstić information content (AvgIpc) is 2.43. The van der Waals surface area contributed by atoms with Crippen LogP contribution in [0.2, 0.25) is 0 Å². The van der Waals surface area contributed by atoms with Crippen LogP contribution in [-0.2, 0) is 6.18 Å². The minimum Gasteiger partial charge on any atom is -0.491 e. The van der Waals surface area contributed by atoms with Gasteiger partial charge >= 0.3 is 6.18 Å². The van der Waals surface area contributed by atoms with E-state index in [1.165, 1.54) is 0 Å². The van der Waals surface area contributed by atoms with Crippen molar-refractivity contribution < 1.29 is 17.9 Å². The Balaban J connectivity index is 1.97. The van der Waals surface area contributed by atoms with E-state index in [1.807, 2.05) is 32.0 Å². The summed E-state index contributed by atoms with van der Waals surface area (Å²) in [6.07, 6.45) is -3.90. The maximum absolute atomic E-state index is 12.6. The molecule has 0 aliphatic heterocycles. The number of nitrogens with zero attached hydrogens (tertiary/aromatic N) is 2. The van der Waals surface area contributed by atoms with Gasteiger partial charge < -0.3 is 15.8 Å². The molecule has 1 aromatic heterocycles. The Morgan fingerprint density at radius 2 is 1.83 bits per heavy atom. The molecule has 0 bridgehead atoms. The molecule has 0 aliphatic carbocycles. The van der Waals surface area contributed by atoms with E-state index in [0.29, 0.717) is 12.8 Å². The summed E-state index contributed by atoms with van der Waals surface area (Å²) >= 11 is 0. The second-order valence-electron chi connectivity index (χ2n) is 5.67. The van der Waals surface area contributed by atoms with Gasteiger partial charge in [0.25, 0.3) is 0 Å². The SMILES string of the molecule is Cc1cc(C)cc(OC[C@@H](C)Nc2ncc(C(F)(F)F)c(N)n2)c1. The third-order valence-electron chi connectivity index (χ3n) is 3.19. The van der Waals surface area contributed by atoms with Crippen LogP contribution in [0.25, 0.3) is 0 Å². The molecule has 0 spiro atoms. The Morgan fingerprint density at radius 3 is 2.38 bits per heavy atom. The molecule has 0 radical (unpaired) electrons. The molecule has 24 heavy (non-hydrogen) atoms. The molecule has 0 saturated heterocycles. The van der Waals surface area contributed by atoms with Crippen molar-refractivity contribution in [3.05, 3.63) is 41.1 Å². The molecule has 1 aromatic carbocycles. The predicted octanol–water partition coefficient (Wildman–Crippen LogP) is 3.57. The van der Waals surface area contributed by atoms with E-state index in [2.05, 4.69) is 15.3 Å². The Hall–Kier alpha value is -2.51. The van der Waals surface area contributed by atoms with E-state index < -0.39 is 17.6 Å². The molecule has 1 atom stereocenters. The largest absolute Gasteiger partial charge is 0.491 e. The number of hydrogen-bond acceptors (Lipinski definition) is 5. The summed E-state index contributed by atoms with van der Waals surface area (Å²) < 4.78 is 43.5. The van der Waals surface area contributed by atoms with E-state index in [0.717, 1.165) is 16.9 Å². The molecule has 0 saturated carbocycles. The number of aryl methyl sites for hydroxylation is 2. The first kappa shape index (κ1) is 17.8. The zero-order valence-electron chi connectivity index (χ0n) is 13.6. The molecule has 5 nitrogen and oxygen atoms in total. The lowest BCUT2D eigenvalue weighted by Gasteiger charge is -2.16. The van der Waals surface area contributed by atoms with Gasteiger partial charge in [-0.15, -0.1) is 0 Å². The summed E-state index contributed by atoms with van der Waals surface area (Å²) in [5.41, 5.74) is 6.47. The van der Waals surface area contributed by atoms with Crippen LogP contribution in [0.3, 0.4) is 0 Å². The molecular formula is C16H19F3N4O. The Kier molecular flexibility index (Phi) is 5.16. The Bertz CT molecular complexity index is 699. The first-order valence-electron chi connectivity index (χ1n) is 7.32. The highest BCUT2D eigenvalue weighted by molar-refractivity contribution is 5.44. The molecular weight excluding hydrogens is 321 g/mol. The molecule has 1 heterocycles. The second kappa shape index (κ2) is 6.94. The number of rotatable bonds is 5. The number of aromatic nitrogens is 2. The molecule has 130 valence electrons. The summed E-state index contributed by atoms with van der Waals surface area (Å²) in [6, 6.07) is 5.63. The van der Waals surface area contributed by atoms with Crippen LogP contribution in [0.1, 0.15) is 23.6 Å². The predicted molar refractivity (Wildman–Crippen MR) is 85.9 cm³/mol. The van der Waals surface area contributed by atoms with Gasteiger partial charge in [0.2, 0.25) is 5.95 Å². The Labute approximate surface area is 138 Å². The Morgan fingerprint density at radius 1 is 1.21 bits per heavy atom. The number of alkyl halides is 3. The maximum atomic E-state index is 12.6. The van der Waals surface area contributed by atoms with Crippen LogP contribution in [0.5, 0.6) is 5.75 Å². The highest BCUT2D eigenvalue weighted by Crippen LogP contribution is 2.32. The lowest BCUT2D eigenvalue weighted by atomic mass is 10.1. The molecule has 2 rings (SSSR count). The highest BCUT2D eigenvalue weighted by atomic mass is 19.4. The molecule has 0 aliphatic rings. The minimum atomic E-state index is -4.57. The first-order valence-corrected chi connectivity index (χ1v) is 7.32. The summed E-state index contributed by atoms with van der Waals surface area (Å²) in [4.78, 5) is 7.29. The van der Waals surface area contributed by atoms with Crippen molar-refractivity contribution in [2.45, 2.75) is 33.0 Å². The third-order valence-corrected chi connectivity index (χ3v) is 3.19. The van der Waals surface area contributed by atoms with E-state index in [4.69, 9.17) is 10.5 Å². The van der Waals surface area contributed by atoms with E-state index in [1.54, 1.807) is 6.92 Å². The van der Waals surface area contributed by atoms with Crippen LogP contribution in [0, 0.1) is 13.8 Å². The van der Waals surface area contributed by atoms with Gasteiger partial charge in [-0.2, -0.15) is 18.2 Å². The van der Waals surface area contributed by atoms with Gasteiger partial charge in [0.15, 0.2) is 0 Å². The average molecular weight is 340 g/mol. The van der Waals surface area contributed by atoms with Crippen LogP contribution in [0.4, 0.5) is 24.9 Å². The topological polar surface area (TPSA) is 73.1 Å². The number of nitrogen functional groups attached to an aromatic ring is 1. The van der Waals surface area contributed by atoms with Gasteiger partial charge in [-0.05, 0) is 44.0 Å². The summed E-state index contributed by atoms with van der Waals surface area (Å²) in [5, 5.41) is 2.87. The summed E-state index contributed by atoms with van der Waals surface area (Å²) in [5.74, 6) is 0.147. The van der Waals surface area contributed by atoms with Gasteiger partial charge in [-0.3, -0.25) is 0 Å². The molecule has 0 unspecified atom stereocenters. The number of halogens is 3. The molecule has 0 amide bonds. The van der Waals surface area contributed by atoms with Crippen LogP contribution < -0.4 is 15.8 Å². The fourth-order valence-corrected chi connectivity index (χ4v) is 2.18. The fraction of sp³-hybridized carbons (Fsp3) is 0.375. The van der Waals surface area contributed by atoms with Crippen molar-refractivity contribution in [3.8, 4) is 5.75 Å². The lowest BCUT2D eigenvalue weighted by Crippen LogP contribution is -2.25. The van der Waals surface area contributed by atoms with Crippen molar-refractivity contribution in [1.82, 2.24) is 9.97 Å². The number of hydrogen-bond donors (Lipinski definition) is 2. The van der Waals surface area contributed by atoms with Gasteiger partial charge in [0, 0.05) is 6.20 Å². The zero-order chi connectivity index (χ0) is 17.9. The van der Waals surface area contributed by atoms with Crippen LogP contribution in [0.15, 0.2) is 24.4 Å². The van der Waals surface area contributed by atoms with Crippen molar-refractivity contribution in [2.24, 2.45) is 0 Å². The number of anilines is 2. The number of nitrogens with two attached hydrogens (primary N) is 1. The van der Waals surface area contributed by atoms with Crippen molar-refractivity contribution in [2.75, 3.05) is 17.7 Å². The van der Waals surface area contributed by atoms with Gasteiger partial charge in [0.1, 0.15) is 23.7 Å². The number of ether oxygens (including phenoxy) is 1. The fourth-order valence-electron chi connectivity index (χ4n) is 2.18. The van der Waals surface area contributed by atoms with Gasteiger partial charge in [-0.25, -0.2) is 4.98 Å².